The second-order valence-corrected chi connectivity index (χ2v) is 7.39. The third kappa shape index (κ3) is 4.07. The van der Waals surface area contributed by atoms with Crippen LogP contribution in [0.1, 0.15) is 43.0 Å². The third-order valence-corrected chi connectivity index (χ3v) is 5.40. The summed E-state index contributed by atoms with van der Waals surface area (Å²) in [5, 5.41) is 3.23. The second-order valence-electron chi connectivity index (χ2n) is 7.39. The van der Waals surface area contributed by atoms with Gasteiger partial charge in [0.15, 0.2) is 0 Å². The van der Waals surface area contributed by atoms with Crippen molar-refractivity contribution in [3.63, 3.8) is 0 Å². The summed E-state index contributed by atoms with van der Waals surface area (Å²) in [5.41, 5.74) is 0.717. The highest BCUT2D eigenvalue weighted by Gasteiger charge is 2.24. The van der Waals surface area contributed by atoms with Crippen LogP contribution in [0.2, 0.25) is 0 Å². The number of piperidine rings is 2. The Morgan fingerprint density at radius 2 is 2.04 bits per heavy atom. The van der Waals surface area contributed by atoms with Crippen LogP contribution in [0.4, 0.5) is 5.82 Å². The van der Waals surface area contributed by atoms with Crippen molar-refractivity contribution in [2.45, 2.75) is 32.6 Å². The number of nitrogens with zero attached hydrogens (tertiary/aromatic N) is 3. The molecule has 1 atom stereocenters. The summed E-state index contributed by atoms with van der Waals surface area (Å²) in [6.07, 6.45) is 6.51. The molecule has 2 saturated heterocycles. The molecule has 0 bridgehead atoms. The zero-order chi connectivity index (χ0) is 16.9. The number of carbonyl (C=O) groups excluding carboxylic acids is 1. The van der Waals surface area contributed by atoms with Gasteiger partial charge in [-0.05, 0) is 63.2 Å². The Bertz CT molecular complexity index is 535. The lowest BCUT2D eigenvalue weighted by atomic mass is 9.97. The van der Waals surface area contributed by atoms with Gasteiger partial charge in [-0.15, -0.1) is 0 Å². The first kappa shape index (κ1) is 17.2. The first-order valence-electron chi connectivity index (χ1n) is 9.32. The van der Waals surface area contributed by atoms with Crippen molar-refractivity contribution in [3.8, 4) is 0 Å². The molecule has 1 amide bonds. The lowest BCUT2D eigenvalue weighted by Crippen LogP contribution is -2.42. The molecule has 2 fully saturated rings. The number of amides is 1. The average molecular weight is 330 g/mol. The van der Waals surface area contributed by atoms with Crippen LogP contribution in [0.15, 0.2) is 18.3 Å². The Morgan fingerprint density at radius 3 is 2.71 bits per heavy atom. The Hall–Kier alpha value is -1.62. The molecule has 1 aromatic rings. The summed E-state index contributed by atoms with van der Waals surface area (Å²) >= 11 is 0. The number of pyridine rings is 1. The summed E-state index contributed by atoms with van der Waals surface area (Å²) < 4.78 is 0. The molecule has 5 heteroatoms. The highest BCUT2D eigenvalue weighted by atomic mass is 16.2. The van der Waals surface area contributed by atoms with E-state index in [1.54, 1.807) is 6.20 Å². The van der Waals surface area contributed by atoms with Gasteiger partial charge in [-0.25, -0.2) is 4.98 Å². The fourth-order valence-electron chi connectivity index (χ4n) is 3.82. The minimum atomic E-state index is 0.127. The molecule has 2 aliphatic rings. The number of anilines is 1. The van der Waals surface area contributed by atoms with Gasteiger partial charge in [0, 0.05) is 32.4 Å². The molecule has 0 aliphatic carbocycles. The van der Waals surface area contributed by atoms with Crippen molar-refractivity contribution in [1.29, 1.82) is 0 Å². The van der Waals surface area contributed by atoms with Crippen LogP contribution in [-0.4, -0.2) is 55.6 Å². The molecule has 0 radical (unpaired) electrons. The standard InChI is InChI=1S/C19H30N4O/c1-15-7-10-22(11-8-15)18-6-5-17(13-21-18)19(24)23-9-3-4-16(14-23)12-20-2/h5-6,13,15-16,20H,3-4,7-12,14H2,1-2H3. The summed E-state index contributed by atoms with van der Waals surface area (Å²) in [7, 11) is 1.98. The van der Waals surface area contributed by atoms with Crippen LogP contribution >= 0.6 is 0 Å². The zero-order valence-corrected chi connectivity index (χ0v) is 15.0. The Kier molecular flexibility index (Phi) is 5.72. The van der Waals surface area contributed by atoms with Crippen LogP contribution in [-0.2, 0) is 0 Å². The van der Waals surface area contributed by atoms with Gasteiger partial charge in [0.25, 0.3) is 5.91 Å². The molecule has 24 heavy (non-hydrogen) atoms. The highest BCUT2D eigenvalue weighted by molar-refractivity contribution is 5.94. The molecule has 0 spiro atoms. The van der Waals surface area contributed by atoms with Crippen LogP contribution in [0, 0.1) is 11.8 Å². The maximum absolute atomic E-state index is 12.7. The van der Waals surface area contributed by atoms with Gasteiger partial charge >= 0.3 is 0 Å². The molecule has 1 aromatic heterocycles. The Balaban J connectivity index is 1.61. The summed E-state index contributed by atoms with van der Waals surface area (Å²) in [6.45, 7) is 7.15. The zero-order valence-electron chi connectivity index (χ0n) is 15.0. The summed E-state index contributed by atoms with van der Waals surface area (Å²) in [4.78, 5) is 21.6. The lowest BCUT2D eigenvalue weighted by Gasteiger charge is -2.33. The normalized spacial score (nSPS) is 22.7. The van der Waals surface area contributed by atoms with E-state index in [-0.39, 0.29) is 5.91 Å². The maximum atomic E-state index is 12.7. The first-order valence-corrected chi connectivity index (χ1v) is 9.32. The van der Waals surface area contributed by atoms with E-state index in [1.165, 1.54) is 19.3 Å². The molecule has 2 aliphatic heterocycles. The highest BCUT2D eigenvalue weighted by Crippen LogP contribution is 2.22. The number of hydrogen-bond donors (Lipinski definition) is 1. The van der Waals surface area contributed by atoms with Gasteiger partial charge in [-0.2, -0.15) is 0 Å². The number of likely N-dealkylation sites (tertiary alicyclic amines) is 1. The number of rotatable bonds is 4. The van der Waals surface area contributed by atoms with Crippen molar-refractivity contribution in [3.05, 3.63) is 23.9 Å². The van der Waals surface area contributed by atoms with Crippen molar-refractivity contribution < 1.29 is 4.79 Å². The fraction of sp³-hybridized carbons (Fsp3) is 0.684. The molecule has 5 nitrogen and oxygen atoms in total. The van der Waals surface area contributed by atoms with E-state index in [9.17, 15) is 4.79 Å². The average Bonchev–Trinajstić information content (AvgIpc) is 2.62. The number of hydrogen-bond acceptors (Lipinski definition) is 4. The summed E-state index contributed by atoms with van der Waals surface area (Å²) in [6, 6.07) is 3.96. The van der Waals surface area contributed by atoms with E-state index in [1.807, 2.05) is 24.1 Å². The van der Waals surface area contributed by atoms with E-state index in [0.29, 0.717) is 11.5 Å². The predicted molar refractivity (Wildman–Crippen MR) is 97.4 cm³/mol. The van der Waals surface area contributed by atoms with Crippen LogP contribution < -0.4 is 10.2 Å². The van der Waals surface area contributed by atoms with Crippen molar-refractivity contribution in [1.82, 2.24) is 15.2 Å². The molecular formula is C19H30N4O. The molecule has 3 heterocycles. The Labute approximate surface area is 145 Å². The molecule has 132 valence electrons. The number of aromatic nitrogens is 1. The molecule has 0 saturated carbocycles. The third-order valence-electron chi connectivity index (χ3n) is 5.40. The van der Waals surface area contributed by atoms with Gasteiger partial charge in [-0.3, -0.25) is 4.79 Å². The van der Waals surface area contributed by atoms with E-state index in [4.69, 9.17) is 0 Å². The van der Waals surface area contributed by atoms with E-state index < -0.39 is 0 Å². The van der Waals surface area contributed by atoms with Crippen LogP contribution in [0.5, 0.6) is 0 Å². The topological polar surface area (TPSA) is 48.5 Å². The SMILES string of the molecule is CNCC1CCCN(C(=O)c2ccc(N3CCC(C)CC3)nc2)C1. The molecule has 1 unspecified atom stereocenters. The van der Waals surface area contributed by atoms with Gasteiger partial charge in [-0.1, -0.05) is 6.92 Å². The minimum absolute atomic E-state index is 0.127. The quantitative estimate of drug-likeness (QED) is 0.921. The van der Waals surface area contributed by atoms with Crippen molar-refractivity contribution in [2.75, 3.05) is 44.7 Å². The molecule has 0 aromatic carbocycles. The van der Waals surface area contributed by atoms with Gasteiger partial charge < -0.3 is 15.1 Å². The molecule has 1 N–H and O–H groups in total. The largest absolute Gasteiger partial charge is 0.357 e. The maximum Gasteiger partial charge on any atom is 0.255 e. The van der Waals surface area contributed by atoms with Crippen LogP contribution in [0.3, 0.4) is 0 Å². The number of nitrogens with one attached hydrogen (secondary N) is 1. The van der Waals surface area contributed by atoms with E-state index in [0.717, 1.165) is 50.9 Å². The minimum Gasteiger partial charge on any atom is -0.357 e. The molecule has 3 rings (SSSR count). The lowest BCUT2D eigenvalue weighted by molar-refractivity contribution is 0.0674. The fourth-order valence-corrected chi connectivity index (χ4v) is 3.82. The van der Waals surface area contributed by atoms with Crippen molar-refractivity contribution >= 4 is 11.7 Å². The smallest absolute Gasteiger partial charge is 0.255 e. The second kappa shape index (κ2) is 7.97. The van der Waals surface area contributed by atoms with Crippen molar-refractivity contribution in [2.24, 2.45) is 11.8 Å². The number of carbonyl (C=O) groups is 1. The molecular weight excluding hydrogens is 300 g/mol. The predicted octanol–water partition coefficient (Wildman–Crippen LogP) is 2.39. The summed E-state index contributed by atoms with van der Waals surface area (Å²) in [5.74, 6) is 2.51. The monoisotopic (exact) mass is 330 g/mol. The van der Waals surface area contributed by atoms with Crippen LogP contribution in [0.25, 0.3) is 0 Å². The van der Waals surface area contributed by atoms with Gasteiger partial charge in [0.2, 0.25) is 0 Å². The van der Waals surface area contributed by atoms with E-state index >= 15 is 0 Å². The van der Waals surface area contributed by atoms with E-state index in [2.05, 4.69) is 22.1 Å². The van der Waals surface area contributed by atoms with Gasteiger partial charge in [0.05, 0.1) is 5.56 Å². The van der Waals surface area contributed by atoms with Gasteiger partial charge in [0.1, 0.15) is 5.82 Å². The first-order chi connectivity index (χ1) is 11.7. The Morgan fingerprint density at radius 1 is 1.25 bits per heavy atom.